The second-order valence-corrected chi connectivity index (χ2v) is 7.46. The van der Waals surface area contributed by atoms with Crippen molar-refractivity contribution in [1.82, 2.24) is 15.5 Å². The number of hydrogen-bond acceptors (Lipinski definition) is 5. The first-order valence-corrected chi connectivity index (χ1v) is 9.26. The van der Waals surface area contributed by atoms with Crippen molar-refractivity contribution < 1.29 is 19.2 Å². The molecule has 3 heterocycles. The number of carbonyl (C=O) groups is 4. The maximum atomic E-state index is 12.7. The minimum Gasteiger partial charge on any atom is -0.325 e. The van der Waals surface area contributed by atoms with Gasteiger partial charge in [0.2, 0.25) is 17.7 Å². The predicted octanol–water partition coefficient (Wildman–Crippen LogP) is 0.384. The number of imide groups is 1. The van der Waals surface area contributed by atoms with E-state index in [9.17, 15) is 19.2 Å². The van der Waals surface area contributed by atoms with Crippen LogP contribution in [0.1, 0.15) is 42.1 Å². The van der Waals surface area contributed by atoms with Crippen LogP contribution in [0.3, 0.4) is 0 Å². The number of anilines is 1. The van der Waals surface area contributed by atoms with E-state index in [1.807, 2.05) is 6.92 Å². The highest BCUT2D eigenvalue weighted by Gasteiger charge is 2.39. The highest BCUT2D eigenvalue weighted by molar-refractivity contribution is 6.05. The largest absolute Gasteiger partial charge is 0.325 e. The van der Waals surface area contributed by atoms with E-state index in [1.54, 1.807) is 18.2 Å². The summed E-state index contributed by atoms with van der Waals surface area (Å²) >= 11 is 0. The average Bonchev–Trinajstić information content (AvgIpc) is 3.19. The van der Waals surface area contributed by atoms with Gasteiger partial charge in [0.1, 0.15) is 6.04 Å². The lowest BCUT2D eigenvalue weighted by molar-refractivity contribution is -0.137. The van der Waals surface area contributed by atoms with Gasteiger partial charge in [-0.2, -0.15) is 0 Å². The lowest BCUT2D eigenvalue weighted by Gasteiger charge is -2.29. The maximum absolute atomic E-state index is 12.7. The Morgan fingerprint density at radius 1 is 1.22 bits per heavy atom. The standard InChI is InChI=1S/C19H22N4O4/c1-10-6-7-20-16(10)18(26)21-12-2-3-13-11(8-12)9-23(19(13)27)14-4-5-15(24)22-17(14)25/h2-3,8,10,14,16,20H,4-7,9H2,1H3,(H,21,26)(H,22,24,25)/t10-,14?,16-/m0/s1. The van der Waals surface area contributed by atoms with Crippen molar-refractivity contribution in [3.8, 4) is 0 Å². The molecular formula is C19H22N4O4. The van der Waals surface area contributed by atoms with Crippen molar-refractivity contribution in [2.45, 2.75) is 44.8 Å². The second-order valence-electron chi connectivity index (χ2n) is 7.46. The molecule has 3 N–H and O–H groups in total. The van der Waals surface area contributed by atoms with Gasteiger partial charge in [0.05, 0.1) is 6.04 Å². The van der Waals surface area contributed by atoms with Crippen molar-refractivity contribution in [2.24, 2.45) is 5.92 Å². The summed E-state index contributed by atoms with van der Waals surface area (Å²) in [6, 6.07) is 4.34. The first-order chi connectivity index (χ1) is 12.9. The van der Waals surface area contributed by atoms with E-state index < -0.39 is 11.9 Å². The number of rotatable bonds is 3. The lowest BCUT2D eigenvalue weighted by Crippen LogP contribution is -2.52. The van der Waals surface area contributed by atoms with Gasteiger partial charge in [0, 0.05) is 24.2 Å². The third kappa shape index (κ3) is 3.21. The molecule has 0 spiro atoms. The third-order valence-electron chi connectivity index (χ3n) is 5.61. The zero-order valence-electron chi connectivity index (χ0n) is 15.1. The van der Waals surface area contributed by atoms with Crippen molar-refractivity contribution in [3.63, 3.8) is 0 Å². The molecule has 0 radical (unpaired) electrons. The van der Waals surface area contributed by atoms with Crippen molar-refractivity contribution in [2.75, 3.05) is 11.9 Å². The van der Waals surface area contributed by atoms with Gasteiger partial charge in [-0.15, -0.1) is 0 Å². The molecule has 8 heteroatoms. The number of nitrogens with zero attached hydrogens (tertiary/aromatic N) is 1. The summed E-state index contributed by atoms with van der Waals surface area (Å²) in [7, 11) is 0. The normalized spacial score (nSPS) is 27.5. The molecule has 1 aromatic carbocycles. The lowest BCUT2D eigenvalue weighted by atomic mass is 10.0. The first-order valence-electron chi connectivity index (χ1n) is 9.26. The molecule has 3 aliphatic heterocycles. The predicted molar refractivity (Wildman–Crippen MR) is 96.7 cm³/mol. The topological polar surface area (TPSA) is 108 Å². The summed E-state index contributed by atoms with van der Waals surface area (Å²) in [4.78, 5) is 50.0. The maximum Gasteiger partial charge on any atom is 0.255 e. The van der Waals surface area contributed by atoms with Gasteiger partial charge < -0.3 is 15.5 Å². The van der Waals surface area contributed by atoms with E-state index in [-0.39, 0.29) is 36.1 Å². The molecule has 2 saturated heterocycles. The molecule has 3 atom stereocenters. The molecule has 0 bridgehead atoms. The Morgan fingerprint density at radius 3 is 2.74 bits per heavy atom. The number of benzene rings is 1. The minimum absolute atomic E-state index is 0.0775. The fourth-order valence-electron chi connectivity index (χ4n) is 4.06. The molecule has 0 aromatic heterocycles. The average molecular weight is 370 g/mol. The molecule has 8 nitrogen and oxygen atoms in total. The van der Waals surface area contributed by atoms with Crippen LogP contribution < -0.4 is 16.0 Å². The molecular weight excluding hydrogens is 348 g/mol. The first kappa shape index (κ1) is 17.7. The van der Waals surface area contributed by atoms with Crippen LogP contribution >= 0.6 is 0 Å². The molecule has 142 valence electrons. The van der Waals surface area contributed by atoms with Gasteiger partial charge in [0.15, 0.2) is 0 Å². The van der Waals surface area contributed by atoms with Gasteiger partial charge in [-0.25, -0.2) is 0 Å². The molecule has 2 fully saturated rings. The number of piperidine rings is 1. The van der Waals surface area contributed by atoms with Crippen LogP contribution in [0.15, 0.2) is 18.2 Å². The Kier molecular flexibility index (Phi) is 4.43. The smallest absolute Gasteiger partial charge is 0.255 e. The van der Waals surface area contributed by atoms with Crippen molar-refractivity contribution in [3.05, 3.63) is 29.3 Å². The Hall–Kier alpha value is -2.74. The van der Waals surface area contributed by atoms with Crippen molar-refractivity contribution in [1.29, 1.82) is 0 Å². The highest BCUT2D eigenvalue weighted by atomic mass is 16.2. The molecule has 27 heavy (non-hydrogen) atoms. The van der Waals surface area contributed by atoms with E-state index in [0.717, 1.165) is 18.5 Å². The van der Waals surface area contributed by atoms with Gasteiger partial charge >= 0.3 is 0 Å². The van der Waals surface area contributed by atoms with E-state index in [2.05, 4.69) is 16.0 Å². The van der Waals surface area contributed by atoms with E-state index in [4.69, 9.17) is 0 Å². The number of fused-ring (bicyclic) bond motifs is 1. The van der Waals surface area contributed by atoms with Crippen LogP contribution in [0.25, 0.3) is 0 Å². The third-order valence-corrected chi connectivity index (χ3v) is 5.61. The quantitative estimate of drug-likeness (QED) is 0.667. The van der Waals surface area contributed by atoms with Crippen LogP contribution in [-0.2, 0) is 20.9 Å². The number of hydrogen-bond donors (Lipinski definition) is 3. The molecule has 4 rings (SSSR count). The minimum atomic E-state index is -0.635. The zero-order valence-corrected chi connectivity index (χ0v) is 15.1. The number of nitrogens with one attached hydrogen (secondary N) is 3. The zero-order chi connectivity index (χ0) is 19.1. The Labute approximate surface area is 156 Å². The fourth-order valence-corrected chi connectivity index (χ4v) is 4.06. The summed E-state index contributed by atoms with van der Waals surface area (Å²) in [5, 5.41) is 8.40. The van der Waals surface area contributed by atoms with Crippen LogP contribution in [0.4, 0.5) is 5.69 Å². The van der Waals surface area contributed by atoms with Crippen LogP contribution in [0, 0.1) is 5.92 Å². The van der Waals surface area contributed by atoms with Crippen LogP contribution in [0.5, 0.6) is 0 Å². The van der Waals surface area contributed by atoms with E-state index >= 15 is 0 Å². The van der Waals surface area contributed by atoms with Crippen molar-refractivity contribution >= 4 is 29.3 Å². The Morgan fingerprint density at radius 2 is 2.04 bits per heavy atom. The van der Waals surface area contributed by atoms with Gasteiger partial charge in [-0.1, -0.05) is 6.92 Å². The van der Waals surface area contributed by atoms with Gasteiger partial charge in [-0.3, -0.25) is 24.5 Å². The molecule has 1 aromatic rings. The number of carbonyl (C=O) groups excluding carboxylic acids is 4. The summed E-state index contributed by atoms with van der Waals surface area (Å²) in [5.41, 5.74) is 1.94. The number of amides is 4. The Balaban J connectivity index is 1.48. The van der Waals surface area contributed by atoms with E-state index in [1.165, 1.54) is 4.90 Å². The monoisotopic (exact) mass is 370 g/mol. The highest BCUT2D eigenvalue weighted by Crippen LogP contribution is 2.29. The van der Waals surface area contributed by atoms with E-state index in [0.29, 0.717) is 24.2 Å². The van der Waals surface area contributed by atoms with Gasteiger partial charge in [-0.05, 0) is 49.1 Å². The molecule has 1 unspecified atom stereocenters. The molecule has 0 aliphatic carbocycles. The van der Waals surface area contributed by atoms with Crippen LogP contribution in [0.2, 0.25) is 0 Å². The second kappa shape index (κ2) is 6.77. The van der Waals surface area contributed by atoms with Crippen LogP contribution in [-0.4, -0.2) is 47.2 Å². The summed E-state index contributed by atoms with van der Waals surface area (Å²) in [6.07, 6.45) is 1.53. The molecule has 4 amide bonds. The molecule has 0 saturated carbocycles. The molecule has 3 aliphatic rings. The Bertz CT molecular complexity index is 837. The summed E-state index contributed by atoms with van der Waals surface area (Å²) < 4.78 is 0. The van der Waals surface area contributed by atoms with Gasteiger partial charge in [0.25, 0.3) is 5.91 Å². The SMILES string of the molecule is C[C@H]1CCN[C@@H]1C(=O)Nc1ccc2c(c1)CN(C1CCC(=O)NC1=O)C2=O. The summed E-state index contributed by atoms with van der Waals surface area (Å²) in [5.74, 6) is -0.749. The summed E-state index contributed by atoms with van der Waals surface area (Å²) in [6.45, 7) is 3.17. The fraction of sp³-hybridized carbons (Fsp3) is 0.474.